The Balaban J connectivity index is 1.56. The molecule has 0 spiro atoms. The minimum absolute atomic E-state index is 0.0660. The number of hydrogen-bond acceptors (Lipinski definition) is 6. The van der Waals surface area contributed by atoms with Gasteiger partial charge < -0.3 is 14.5 Å². The number of piperidine rings is 1. The molecule has 0 unspecified atom stereocenters. The summed E-state index contributed by atoms with van der Waals surface area (Å²) in [5, 5.41) is 7.54. The van der Waals surface area contributed by atoms with Crippen molar-refractivity contribution in [1.82, 2.24) is 20.1 Å². The van der Waals surface area contributed by atoms with Gasteiger partial charge in [0.15, 0.2) is 5.69 Å². The first-order valence-electron chi connectivity index (χ1n) is 9.95. The van der Waals surface area contributed by atoms with Gasteiger partial charge in [0.25, 0.3) is 5.91 Å². The molecule has 0 N–H and O–H groups in total. The van der Waals surface area contributed by atoms with E-state index >= 15 is 0 Å². The molecule has 148 valence electrons. The molecule has 3 saturated heterocycles. The van der Waals surface area contributed by atoms with Crippen molar-refractivity contribution in [1.29, 1.82) is 0 Å². The van der Waals surface area contributed by atoms with Crippen LogP contribution in [-0.2, 0) is 9.53 Å². The van der Waals surface area contributed by atoms with Gasteiger partial charge in [-0.25, -0.2) is 4.63 Å². The number of ether oxygens (including phenoxy) is 1. The van der Waals surface area contributed by atoms with Crippen LogP contribution in [0.1, 0.15) is 61.6 Å². The summed E-state index contributed by atoms with van der Waals surface area (Å²) in [4.78, 5) is 30.5. The molecule has 3 fully saturated rings. The zero-order chi connectivity index (χ0) is 19.2. The third-order valence-corrected chi connectivity index (χ3v) is 6.95. The summed E-state index contributed by atoms with van der Waals surface area (Å²) >= 11 is 0. The van der Waals surface area contributed by atoms with Crippen LogP contribution in [0.25, 0.3) is 0 Å². The fourth-order valence-corrected chi connectivity index (χ4v) is 5.41. The van der Waals surface area contributed by atoms with Crippen molar-refractivity contribution < 1.29 is 19.0 Å². The maximum Gasteiger partial charge on any atom is 0.278 e. The molecule has 3 aliphatic rings. The maximum absolute atomic E-state index is 13.6. The van der Waals surface area contributed by atoms with E-state index in [1.54, 1.807) is 14.0 Å². The van der Waals surface area contributed by atoms with E-state index in [4.69, 9.17) is 9.37 Å². The topological polar surface area (TPSA) is 88.8 Å². The predicted molar refractivity (Wildman–Crippen MR) is 96.0 cm³/mol. The van der Waals surface area contributed by atoms with Crippen molar-refractivity contribution in [3.8, 4) is 0 Å². The van der Waals surface area contributed by atoms with Gasteiger partial charge in [-0.3, -0.25) is 9.59 Å². The number of nitrogens with zero attached hydrogens (tertiary/aromatic N) is 4. The molecule has 1 aromatic rings. The summed E-state index contributed by atoms with van der Waals surface area (Å²) in [6.07, 6.45) is 5.30. The highest BCUT2D eigenvalue weighted by Crippen LogP contribution is 2.53. The van der Waals surface area contributed by atoms with E-state index in [0.29, 0.717) is 5.69 Å². The van der Waals surface area contributed by atoms with Crippen LogP contribution in [0.3, 0.4) is 0 Å². The largest absolute Gasteiger partial charge is 0.381 e. The second-order valence-electron chi connectivity index (χ2n) is 8.10. The van der Waals surface area contributed by atoms with E-state index in [-0.39, 0.29) is 35.7 Å². The molecule has 0 saturated carbocycles. The molecule has 8 heteroatoms. The first kappa shape index (κ1) is 18.4. The van der Waals surface area contributed by atoms with Crippen LogP contribution in [0, 0.1) is 12.3 Å². The van der Waals surface area contributed by atoms with Crippen LogP contribution < -0.4 is 0 Å². The molecule has 1 aromatic heterocycles. The van der Waals surface area contributed by atoms with Crippen LogP contribution in [0.2, 0.25) is 0 Å². The van der Waals surface area contributed by atoms with Gasteiger partial charge in [0.2, 0.25) is 5.91 Å². The molecular formula is C19H28N4O4. The third kappa shape index (κ3) is 2.76. The number of carbonyl (C=O) groups is 2. The lowest BCUT2D eigenvalue weighted by molar-refractivity contribution is -0.146. The van der Waals surface area contributed by atoms with Gasteiger partial charge in [-0.05, 0) is 50.6 Å². The van der Waals surface area contributed by atoms with Crippen molar-refractivity contribution in [3.05, 3.63) is 11.4 Å². The van der Waals surface area contributed by atoms with Crippen molar-refractivity contribution in [2.24, 2.45) is 5.41 Å². The monoisotopic (exact) mass is 376 g/mol. The first-order chi connectivity index (χ1) is 13.0. The molecule has 3 atom stereocenters. The fraction of sp³-hybridized carbons (Fsp3) is 0.789. The summed E-state index contributed by atoms with van der Waals surface area (Å²) < 4.78 is 10.2. The highest BCUT2D eigenvalue weighted by Gasteiger charge is 2.61. The van der Waals surface area contributed by atoms with Crippen molar-refractivity contribution in [2.45, 2.75) is 70.6 Å². The molecule has 4 heterocycles. The predicted octanol–water partition coefficient (Wildman–Crippen LogP) is 1.79. The van der Waals surface area contributed by atoms with Crippen LogP contribution in [-0.4, -0.2) is 70.3 Å². The lowest BCUT2D eigenvalue weighted by atomic mass is 9.70. The van der Waals surface area contributed by atoms with Gasteiger partial charge >= 0.3 is 0 Å². The number of carbonyl (C=O) groups excluding carboxylic acids is 2. The highest BCUT2D eigenvalue weighted by atomic mass is 16.6. The number of fused-ring (bicyclic) bond motifs is 2. The van der Waals surface area contributed by atoms with Gasteiger partial charge in [-0.15, -0.1) is 0 Å². The quantitative estimate of drug-likeness (QED) is 0.796. The van der Waals surface area contributed by atoms with E-state index < -0.39 is 5.41 Å². The summed E-state index contributed by atoms with van der Waals surface area (Å²) in [7, 11) is 1.73. The number of aromatic nitrogens is 2. The summed E-state index contributed by atoms with van der Waals surface area (Å²) in [5.74, 6) is 0.0574. The lowest BCUT2D eigenvalue weighted by Gasteiger charge is -2.41. The molecule has 0 radical (unpaired) electrons. The normalized spacial score (nSPS) is 30.9. The molecule has 4 rings (SSSR count). The zero-order valence-corrected chi connectivity index (χ0v) is 16.3. The molecule has 0 aliphatic carbocycles. The molecular weight excluding hydrogens is 348 g/mol. The highest BCUT2D eigenvalue weighted by molar-refractivity contribution is 5.95. The SMILES string of the molecule is CC[C@@]1(C(=O)N2CCC(OC)CC2)C[C@@H]2CC[C@H]1N2C(=O)c1nonc1C. The Labute approximate surface area is 159 Å². The molecule has 27 heavy (non-hydrogen) atoms. The first-order valence-corrected chi connectivity index (χ1v) is 9.95. The van der Waals surface area contributed by atoms with Crippen LogP contribution in [0.5, 0.6) is 0 Å². The Bertz CT molecular complexity index is 727. The van der Waals surface area contributed by atoms with Crippen molar-refractivity contribution >= 4 is 11.8 Å². The number of methoxy groups -OCH3 is 1. The Morgan fingerprint density at radius 2 is 1.96 bits per heavy atom. The third-order valence-electron chi connectivity index (χ3n) is 6.95. The van der Waals surface area contributed by atoms with Crippen LogP contribution in [0.15, 0.2) is 4.63 Å². The number of amides is 2. The number of rotatable bonds is 4. The average molecular weight is 376 g/mol. The summed E-state index contributed by atoms with van der Waals surface area (Å²) in [5.41, 5.74) is 0.289. The van der Waals surface area contributed by atoms with Gasteiger partial charge in [0.1, 0.15) is 5.69 Å². The summed E-state index contributed by atoms with van der Waals surface area (Å²) in [6.45, 7) is 5.26. The van der Waals surface area contributed by atoms with Gasteiger partial charge in [-0.2, -0.15) is 0 Å². The lowest BCUT2D eigenvalue weighted by Crippen LogP contribution is -2.53. The number of likely N-dealkylation sites (tertiary alicyclic amines) is 1. The second-order valence-corrected chi connectivity index (χ2v) is 8.10. The smallest absolute Gasteiger partial charge is 0.278 e. The van der Waals surface area contributed by atoms with Gasteiger partial charge in [0.05, 0.1) is 11.5 Å². The molecule has 2 amide bonds. The minimum atomic E-state index is -0.483. The average Bonchev–Trinajstić information content (AvgIpc) is 3.40. The Morgan fingerprint density at radius 3 is 2.56 bits per heavy atom. The Hall–Kier alpha value is -1.96. The Morgan fingerprint density at radius 1 is 1.22 bits per heavy atom. The van der Waals surface area contributed by atoms with Crippen molar-refractivity contribution in [3.63, 3.8) is 0 Å². The summed E-state index contributed by atoms with van der Waals surface area (Å²) in [6, 6.07) is 0.0303. The zero-order valence-electron chi connectivity index (χ0n) is 16.3. The second kappa shape index (κ2) is 6.89. The molecule has 8 nitrogen and oxygen atoms in total. The Kier molecular flexibility index (Phi) is 4.70. The molecule has 3 aliphatic heterocycles. The number of aryl methyl sites for hydroxylation is 1. The fourth-order valence-electron chi connectivity index (χ4n) is 5.41. The van der Waals surface area contributed by atoms with E-state index in [9.17, 15) is 9.59 Å². The van der Waals surface area contributed by atoms with E-state index in [0.717, 1.165) is 51.6 Å². The minimum Gasteiger partial charge on any atom is -0.381 e. The van der Waals surface area contributed by atoms with Crippen LogP contribution in [0.4, 0.5) is 0 Å². The van der Waals surface area contributed by atoms with Crippen molar-refractivity contribution in [2.75, 3.05) is 20.2 Å². The van der Waals surface area contributed by atoms with Crippen LogP contribution >= 0.6 is 0 Å². The standard InChI is InChI=1S/C19H28N4O4/c1-4-19(18(25)22-9-7-14(26-3)8-10-22)11-13-5-6-15(19)23(13)17(24)16-12(2)20-27-21-16/h13-15H,4-11H2,1-3H3/t13-,15+,19+/m0/s1. The van der Waals surface area contributed by atoms with E-state index in [2.05, 4.69) is 17.2 Å². The molecule has 0 aromatic carbocycles. The number of hydrogen-bond donors (Lipinski definition) is 0. The molecule has 2 bridgehead atoms. The van der Waals surface area contributed by atoms with Gasteiger partial charge in [-0.1, -0.05) is 12.1 Å². The van der Waals surface area contributed by atoms with E-state index in [1.165, 1.54) is 0 Å². The maximum atomic E-state index is 13.6. The van der Waals surface area contributed by atoms with E-state index in [1.807, 2.05) is 9.80 Å². The van der Waals surface area contributed by atoms with Gasteiger partial charge in [0, 0.05) is 32.3 Å².